The van der Waals surface area contributed by atoms with Gasteiger partial charge in [0.05, 0.1) is 6.33 Å². The predicted molar refractivity (Wildman–Crippen MR) is 133 cm³/mol. The molecular formula is C24H36N8O5. The maximum absolute atomic E-state index is 12.4. The monoisotopic (exact) mass is 516 g/mol. The van der Waals surface area contributed by atoms with Gasteiger partial charge in [-0.25, -0.2) is 19.7 Å². The molecule has 2 aromatic rings. The molecule has 3 aliphatic heterocycles. The van der Waals surface area contributed by atoms with Crippen LogP contribution in [0.15, 0.2) is 6.33 Å². The Kier molecular flexibility index (Phi) is 7.72. The number of aliphatic hydroxyl groups is 1. The second kappa shape index (κ2) is 11.2. The molecule has 3 saturated heterocycles. The van der Waals surface area contributed by atoms with Crippen LogP contribution in [0, 0.1) is 5.92 Å². The van der Waals surface area contributed by atoms with E-state index in [-0.39, 0.29) is 30.3 Å². The van der Waals surface area contributed by atoms with Crippen molar-refractivity contribution in [2.24, 2.45) is 5.92 Å². The second-order valence-electron chi connectivity index (χ2n) is 10.0. The van der Waals surface area contributed by atoms with Crippen LogP contribution >= 0.6 is 0 Å². The number of aryl methyl sites for hydroxylation is 1. The van der Waals surface area contributed by atoms with Gasteiger partial charge >= 0.3 is 6.09 Å². The van der Waals surface area contributed by atoms with Crippen LogP contribution in [0.3, 0.4) is 0 Å². The van der Waals surface area contributed by atoms with E-state index < -0.39 is 18.4 Å². The van der Waals surface area contributed by atoms with Gasteiger partial charge in [-0.15, -0.1) is 0 Å². The molecule has 0 saturated carbocycles. The van der Waals surface area contributed by atoms with Crippen molar-refractivity contribution in [3.8, 4) is 0 Å². The Balaban J connectivity index is 1.19. The molecule has 2 amide bonds. The topological polar surface area (TPSA) is 170 Å². The third-order valence-corrected chi connectivity index (χ3v) is 7.43. The Morgan fingerprint density at radius 3 is 2.84 bits per heavy atom. The zero-order valence-corrected chi connectivity index (χ0v) is 21.1. The van der Waals surface area contributed by atoms with Crippen LogP contribution in [0.25, 0.3) is 11.2 Å². The van der Waals surface area contributed by atoms with Gasteiger partial charge < -0.3 is 35.8 Å². The largest absolute Gasteiger partial charge is 0.445 e. The van der Waals surface area contributed by atoms with Crippen molar-refractivity contribution < 1.29 is 24.2 Å². The van der Waals surface area contributed by atoms with Gasteiger partial charge in [0.15, 0.2) is 17.7 Å². The Hall–Kier alpha value is -3.03. The summed E-state index contributed by atoms with van der Waals surface area (Å²) in [5.74, 6) is 1.05. The number of anilines is 1. The lowest BCUT2D eigenvalue weighted by molar-refractivity contribution is -0.134. The smallest absolute Gasteiger partial charge is 0.410 e. The summed E-state index contributed by atoms with van der Waals surface area (Å²) in [6, 6.07) is 0. The second-order valence-corrected chi connectivity index (χ2v) is 10.0. The van der Waals surface area contributed by atoms with Gasteiger partial charge in [-0.3, -0.25) is 9.36 Å². The minimum Gasteiger partial charge on any atom is -0.445 e. The molecule has 2 aromatic heterocycles. The zero-order chi connectivity index (χ0) is 25.9. The summed E-state index contributed by atoms with van der Waals surface area (Å²) in [6.45, 7) is 5.31. The normalized spacial score (nSPS) is 26.6. The number of amides is 2. The number of ether oxygens (including phenoxy) is 2. The number of aromatic nitrogens is 4. The molecule has 5 heterocycles. The number of carbonyl (C=O) groups is 2. The number of piperidine rings is 1. The molecule has 0 bridgehead atoms. The summed E-state index contributed by atoms with van der Waals surface area (Å²) in [6.07, 6.45) is 3.23. The molecular weight excluding hydrogens is 480 g/mol. The van der Waals surface area contributed by atoms with E-state index in [1.54, 1.807) is 9.47 Å². The minimum absolute atomic E-state index is 0.0219. The summed E-state index contributed by atoms with van der Waals surface area (Å²) in [5, 5.41) is 16.5. The highest BCUT2D eigenvalue weighted by Crippen LogP contribution is 2.32. The number of likely N-dealkylation sites (N-methyl/N-ethyl adjacent to an activating group) is 1. The first-order valence-corrected chi connectivity index (χ1v) is 13.2. The number of nitrogens with zero attached hydrogens (tertiary/aromatic N) is 5. The molecule has 0 spiro atoms. The van der Waals surface area contributed by atoms with Gasteiger partial charge in [0.25, 0.3) is 0 Å². The van der Waals surface area contributed by atoms with E-state index in [2.05, 4.69) is 20.6 Å². The van der Waals surface area contributed by atoms with Gasteiger partial charge in [0, 0.05) is 39.0 Å². The molecule has 3 aliphatic rings. The lowest BCUT2D eigenvalue weighted by atomic mass is 9.92. The molecule has 0 aliphatic carbocycles. The molecule has 13 nitrogen and oxygen atoms in total. The number of aliphatic hydroxyl groups excluding tert-OH is 1. The fraction of sp³-hybridized carbons (Fsp3) is 0.708. The van der Waals surface area contributed by atoms with Crippen molar-refractivity contribution >= 4 is 29.0 Å². The Bertz CT molecular complexity index is 1110. The number of nitrogen functional groups attached to an aromatic ring is 1. The van der Waals surface area contributed by atoms with Crippen LogP contribution in [0.2, 0.25) is 0 Å². The molecule has 4 atom stereocenters. The van der Waals surface area contributed by atoms with Crippen LogP contribution in [0.1, 0.15) is 51.1 Å². The average Bonchev–Trinajstić information content (AvgIpc) is 3.63. The summed E-state index contributed by atoms with van der Waals surface area (Å²) < 4.78 is 13.1. The van der Waals surface area contributed by atoms with Gasteiger partial charge in [-0.1, -0.05) is 0 Å². The molecule has 0 aromatic carbocycles. The molecule has 3 fully saturated rings. The number of nitrogens with one attached hydrogen (secondary N) is 2. The lowest BCUT2D eigenvalue weighted by Gasteiger charge is -2.32. The van der Waals surface area contributed by atoms with Crippen molar-refractivity contribution in [3.63, 3.8) is 0 Å². The Labute approximate surface area is 215 Å². The van der Waals surface area contributed by atoms with Crippen molar-refractivity contribution in [1.29, 1.82) is 0 Å². The molecule has 5 rings (SSSR count). The van der Waals surface area contributed by atoms with Gasteiger partial charge in [-0.05, 0) is 45.1 Å². The van der Waals surface area contributed by atoms with E-state index in [0.717, 1.165) is 38.8 Å². The predicted octanol–water partition coefficient (Wildman–Crippen LogP) is 0.336. The van der Waals surface area contributed by atoms with Gasteiger partial charge in [0.1, 0.15) is 29.7 Å². The summed E-state index contributed by atoms with van der Waals surface area (Å²) >= 11 is 0. The highest BCUT2D eigenvalue weighted by molar-refractivity contribution is 5.82. The van der Waals surface area contributed by atoms with Crippen molar-refractivity contribution in [3.05, 3.63) is 12.2 Å². The number of fused-ring (bicyclic) bond motifs is 1. The van der Waals surface area contributed by atoms with Crippen molar-refractivity contribution in [1.82, 2.24) is 35.1 Å². The Morgan fingerprint density at radius 2 is 2.11 bits per heavy atom. The average molecular weight is 517 g/mol. The quantitative estimate of drug-likeness (QED) is 0.402. The van der Waals surface area contributed by atoms with E-state index in [9.17, 15) is 14.7 Å². The number of likely N-dealkylation sites (tertiary alicyclic amines) is 1. The van der Waals surface area contributed by atoms with Crippen LogP contribution in [-0.4, -0.2) is 92.6 Å². The number of imidazole rings is 1. The number of hydrogen-bond acceptors (Lipinski definition) is 10. The summed E-state index contributed by atoms with van der Waals surface area (Å²) in [7, 11) is 0. The SMILES string of the molecule is CCNC(=O)[C@@H]1C[C@H](O)[C@H](n2cnc3c(N)nc(CCC4CCN(C(=O)OC5CCNC5)CC4)nc32)O1. The lowest BCUT2D eigenvalue weighted by Crippen LogP contribution is -2.40. The summed E-state index contributed by atoms with van der Waals surface area (Å²) in [4.78, 5) is 39.9. The zero-order valence-electron chi connectivity index (χ0n) is 21.1. The first-order chi connectivity index (χ1) is 17.9. The van der Waals surface area contributed by atoms with Crippen molar-refractivity contribution in [2.75, 3.05) is 38.5 Å². The maximum Gasteiger partial charge on any atom is 0.410 e. The molecule has 13 heteroatoms. The first-order valence-electron chi connectivity index (χ1n) is 13.2. The highest BCUT2D eigenvalue weighted by atomic mass is 16.6. The van der Waals surface area contributed by atoms with Crippen LogP contribution in [-0.2, 0) is 20.7 Å². The van der Waals surface area contributed by atoms with Gasteiger partial charge in [0.2, 0.25) is 5.91 Å². The van der Waals surface area contributed by atoms with E-state index in [1.165, 1.54) is 6.33 Å². The van der Waals surface area contributed by atoms with Crippen LogP contribution in [0.4, 0.5) is 10.6 Å². The van der Waals surface area contributed by atoms with Gasteiger partial charge in [-0.2, -0.15) is 0 Å². The fourth-order valence-corrected chi connectivity index (χ4v) is 5.32. The third-order valence-electron chi connectivity index (χ3n) is 7.43. The highest BCUT2D eigenvalue weighted by Gasteiger charge is 2.40. The summed E-state index contributed by atoms with van der Waals surface area (Å²) in [5.41, 5.74) is 7.10. The van der Waals surface area contributed by atoms with E-state index in [1.807, 2.05) is 6.92 Å². The fourth-order valence-electron chi connectivity index (χ4n) is 5.32. The number of rotatable bonds is 7. The van der Waals surface area contributed by atoms with Crippen molar-refractivity contribution in [2.45, 2.75) is 70.0 Å². The molecule has 37 heavy (non-hydrogen) atoms. The van der Waals surface area contributed by atoms with E-state index >= 15 is 0 Å². The standard InChI is InChI=1S/C24H36N8O5/c1-2-27-22(34)17-11-16(33)23(37-17)32-13-28-19-20(25)29-18(30-21(19)32)4-3-14-6-9-31(10-7-14)24(35)36-15-5-8-26-12-15/h13-17,23,26,33H,2-12H2,1H3,(H,27,34)(H2,25,29,30)/t15?,16-,17-,23+/m0/s1. The number of carbonyl (C=O) groups excluding carboxylic acids is 2. The molecule has 0 radical (unpaired) electrons. The van der Waals surface area contributed by atoms with E-state index in [0.29, 0.717) is 49.0 Å². The van der Waals surface area contributed by atoms with E-state index in [4.69, 9.17) is 20.2 Å². The Morgan fingerprint density at radius 1 is 1.30 bits per heavy atom. The van der Waals surface area contributed by atoms with Crippen LogP contribution < -0.4 is 16.4 Å². The molecule has 1 unspecified atom stereocenters. The third kappa shape index (κ3) is 5.63. The van der Waals surface area contributed by atoms with Crippen LogP contribution in [0.5, 0.6) is 0 Å². The number of nitrogens with two attached hydrogens (primary N) is 1. The maximum atomic E-state index is 12.4. The molecule has 5 N–H and O–H groups in total. The number of hydrogen-bond donors (Lipinski definition) is 4. The minimum atomic E-state index is -0.883. The molecule has 202 valence electrons. The first kappa shape index (κ1) is 25.6.